The van der Waals surface area contributed by atoms with Crippen LogP contribution in [-0.4, -0.2) is 13.2 Å². The summed E-state index contributed by atoms with van der Waals surface area (Å²) in [6, 6.07) is 3.62. The van der Waals surface area contributed by atoms with Crippen LogP contribution in [0.1, 0.15) is 31.6 Å². The first-order chi connectivity index (χ1) is 7.81. The van der Waals surface area contributed by atoms with Gasteiger partial charge < -0.3 is 14.5 Å². The Bertz CT molecular complexity index is 373. The first kappa shape index (κ1) is 11.6. The molecular weight excluding hydrogens is 226 g/mol. The van der Waals surface area contributed by atoms with Gasteiger partial charge in [0.1, 0.15) is 17.6 Å². The van der Waals surface area contributed by atoms with Crippen LogP contribution in [0.4, 0.5) is 0 Å². The van der Waals surface area contributed by atoms with Crippen molar-refractivity contribution >= 4 is 11.6 Å². The highest BCUT2D eigenvalue weighted by molar-refractivity contribution is 6.28. The molecule has 1 aliphatic rings. The van der Waals surface area contributed by atoms with Gasteiger partial charge in [-0.15, -0.1) is 0 Å². The van der Waals surface area contributed by atoms with Crippen molar-refractivity contribution in [3.05, 3.63) is 34.9 Å². The maximum absolute atomic E-state index is 5.79. The Morgan fingerprint density at radius 1 is 1.50 bits per heavy atom. The molecule has 1 aromatic rings. The second kappa shape index (κ2) is 5.41. The molecule has 0 aliphatic carbocycles. The van der Waals surface area contributed by atoms with Gasteiger partial charge in [0.05, 0.1) is 6.61 Å². The molecular formula is C12H16ClNO2. The normalized spacial score (nSPS) is 17.8. The van der Waals surface area contributed by atoms with Gasteiger partial charge in [0, 0.05) is 0 Å². The molecule has 0 spiro atoms. The van der Waals surface area contributed by atoms with E-state index in [9.17, 15) is 0 Å². The topological polar surface area (TPSA) is 34.4 Å². The van der Waals surface area contributed by atoms with Gasteiger partial charge in [-0.25, -0.2) is 0 Å². The smallest absolute Gasteiger partial charge is 0.193 e. The lowest BCUT2D eigenvalue weighted by Gasteiger charge is -2.22. The number of likely N-dealkylation sites (N-methyl/N-ethyl adjacent to an activating group) is 1. The van der Waals surface area contributed by atoms with Gasteiger partial charge in [0.2, 0.25) is 0 Å². The molecule has 0 fully saturated rings. The minimum Gasteiger partial charge on any atom is -0.496 e. The van der Waals surface area contributed by atoms with Crippen LogP contribution in [0.15, 0.2) is 28.4 Å². The SMILES string of the molecule is CCNC(C1=CCCCO1)c1ccc(Cl)o1. The predicted molar refractivity (Wildman–Crippen MR) is 63.4 cm³/mol. The standard InChI is InChI=1S/C12H16ClNO2/c1-2-14-12(9-5-3-4-8-15-9)10-6-7-11(13)16-10/h5-7,12,14H,2-4,8H2,1H3. The zero-order valence-electron chi connectivity index (χ0n) is 9.33. The molecule has 4 heteroatoms. The number of furan rings is 1. The first-order valence-corrected chi connectivity index (χ1v) is 6.00. The molecule has 1 N–H and O–H groups in total. The molecule has 0 saturated heterocycles. The molecule has 1 atom stereocenters. The van der Waals surface area contributed by atoms with E-state index in [0.717, 1.165) is 37.5 Å². The minimum absolute atomic E-state index is 0.0159. The average molecular weight is 242 g/mol. The quantitative estimate of drug-likeness (QED) is 0.879. The molecule has 88 valence electrons. The molecule has 3 nitrogen and oxygen atoms in total. The third-order valence-electron chi connectivity index (χ3n) is 2.53. The number of allylic oxidation sites excluding steroid dienone is 1. The van der Waals surface area contributed by atoms with E-state index in [1.807, 2.05) is 6.07 Å². The average Bonchev–Trinajstić information content (AvgIpc) is 2.74. The van der Waals surface area contributed by atoms with Gasteiger partial charge in [-0.2, -0.15) is 0 Å². The van der Waals surface area contributed by atoms with Crippen molar-refractivity contribution in [2.24, 2.45) is 0 Å². The number of rotatable bonds is 4. The highest BCUT2D eigenvalue weighted by atomic mass is 35.5. The summed E-state index contributed by atoms with van der Waals surface area (Å²) in [5.74, 6) is 1.75. The molecule has 1 aliphatic heterocycles. The fourth-order valence-corrected chi connectivity index (χ4v) is 1.96. The van der Waals surface area contributed by atoms with Crippen molar-refractivity contribution in [2.75, 3.05) is 13.2 Å². The van der Waals surface area contributed by atoms with Crippen molar-refractivity contribution in [3.8, 4) is 0 Å². The summed E-state index contributed by atoms with van der Waals surface area (Å²) >= 11 is 5.79. The fourth-order valence-electron chi connectivity index (χ4n) is 1.81. The Morgan fingerprint density at radius 3 is 2.94 bits per heavy atom. The lowest BCUT2D eigenvalue weighted by molar-refractivity contribution is 0.162. The van der Waals surface area contributed by atoms with Crippen molar-refractivity contribution in [2.45, 2.75) is 25.8 Å². The van der Waals surface area contributed by atoms with Gasteiger partial charge in [0.25, 0.3) is 0 Å². The molecule has 0 saturated carbocycles. The third kappa shape index (κ3) is 2.60. The predicted octanol–water partition coefficient (Wildman–Crippen LogP) is 3.28. The van der Waals surface area contributed by atoms with E-state index in [1.54, 1.807) is 6.07 Å². The second-order valence-electron chi connectivity index (χ2n) is 3.73. The van der Waals surface area contributed by atoms with Gasteiger partial charge in [0.15, 0.2) is 5.22 Å². The summed E-state index contributed by atoms with van der Waals surface area (Å²) in [4.78, 5) is 0. The van der Waals surface area contributed by atoms with Crippen LogP contribution in [0.5, 0.6) is 0 Å². The molecule has 0 amide bonds. The highest BCUT2D eigenvalue weighted by Gasteiger charge is 2.21. The molecule has 0 radical (unpaired) electrons. The number of nitrogens with one attached hydrogen (secondary N) is 1. The van der Waals surface area contributed by atoms with E-state index in [1.165, 1.54) is 0 Å². The van der Waals surface area contributed by atoms with Gasteiger partial charge in [-0.3, -0.25) is 0 Å². The number of halogens is 1. The van der Waals surface area contributed by atoms with E-state index in [0.29, 0.717) is 5.22 Å². The van der Waals surface area contributed by atoms with E-state index in [4.69, 9.17) is 20.8 Å². The zero-order chi connectivity index (χ0) is 11.4. The molecule has 2 heterocycles. The maximum Gasteiger partial charge on any atom is 0.193 e. The Labute approximate surface area is 100 Å². The Hall–Kier alpha value is -0.930. The van der Waals surface area contributed by atoms with Crippen molar-refractivity contribution in [1.82, 2.24) is 5.32 Å². The van der Waals surface area contributed by atoms with Crippen LogP contribution in [0.2, 0.25) is 5.22 Å². The molecule has 1 unspecified atom stereocenters. The Kier molecular flexibility index (Phi) is 3.91. The lowest BCUT2D eigenvalue weighted by atomic mass is 10.1. The fraction of sp³-hybridized carbons (Fsp3) is 0.500. The van der Waals surface area contributed by atoms with Gasteiger partial charge in [-0.1, -0.05) is 6.92 Å². The summed E-state index contributed by atoms with van der Waals surface area (Å²) in [5.41, 5.74) is 0. The van der Waals surface area contributed by atoms with Gasteiger partial charge >= 0.3 is 0 Å². The Morgan fingerprint density at radius 2 is 2.38 bits per heavy atom. The summed E-state index contributed by atoms with van der Waals surface area (Å²) in [6.07, 6.45) is 4.26. The largest absolute Gasteiger partial charge is 0.496 e. The summed E-state index contributed by atoms with van der Waals surface area (Å²) in [5, 5.41) is 3.75. The lowest BCUT2D eigenvalue weighted by Crippen LogP contribution is -2.24. The van der Waals surface area contributed by atoms with Crippen LogP contribution < -0.4 is 5.32 Å². The van der Waals surface area contributed by atoms with E-state index in [2.05, 4.69) is 18.3 Å². The number of hydrogen-bond acceptors (Lipinski definition) is 3. The molecule has 0 aromatic carbocycles. The van der Waals surface area contributed by atoms with Crippen LogP contribution in [0.25, 0.3) is 0 Å². The number of ether oxygens (including phenoxy) is 1. The van der Waals surface area contributed by atoms with Crippen LogP contribution in [-0.2, 0) is 4.74 Å². The number of hydrogen-bond donors (Lipinski definition) is 1. The summed E-state index contributed by atoms with van der Waals surface area (Å²) < 4.78 is 11.1. The first-order valence-electron chi connectivity index (χ1n) is 5.62. The van der Waals surface area contributed by atoms with Gasteiger partial charge in [-0.05, 0) is 49.2 Å². The molecule has 0 bridgehead atoms. The Balaban J connectivity index is 2.19. The van der Waals surface area contributed by atoms with Crippen molar-refractivity contribution in [3.63, 3.8) is 0 Å². The van der Waals surface area contributed by atoms with Crippen LogP contribution in [0, 0.1) is 0 Å². The maximum atomic E-state index is 5.79. The second-order valence-corrected chi connectivity index (χ2v) is 4.10. The van der Waals surface area contributed by atoms with E-state index >= 15 is 0 Å². The molecule has 16 heavy (non-hydrogen) atoms. The zero-order valence-corrected chi connectivity index (χ0v) is 10.1. The van der Waals surface area contributed by atoms with Crippen LogP contribution in [0.3, 0.4) is 0 Å². The minimum atomic E-state index is -0.0159. The van der Waals surface area contributed by atoms with E-state index < -0.39 is 0 Å². The third-order valence-corrected chi connectivity index (χ3v) is 2.74. The summed E-state index contributed by atoms with van der Waals surface area (Å²) in [7, 11) is 0. The van der Waals surface area contributed by atoms with Crippen LogP contribution >= 0.6 is 11.6 Å². The molecule has 1 aromatic heterocycles. The monoisotopic (exact) mass is 241 g/mol. The summed E-state index contributed by atoms with van der Waals surface area (Å²) in [6.45, 7) is 3.69. The van der Waals surface area contributed by atoms with E-state index in [-0.39, 0.29) is 6.04 Å². The van der Waals surface area contributed by atoms with Crippen molar-refractivity contribution < 1.29 is 9.15 Å². The highest BCUT2D eigenvalue weighted by Crippen LogP contribution is 2.28. The molecule has 2 rings (SSSR count). The van der Waals surface area contributed by atoms with Crippen molar-refractivity contribution in [1.29, 1.82) is 0 Å².